The van der Waals surface area contributed by atoms with Crippen molar-refractivity contribution >= 4 is 16.2 Å². The van der Waals surface area contributed by atoms with Gasteiger partial charge in [-0.1, -0.05) is 0 Å². The molecule has 0 aliphatic carbocycles. The molecule has 0 saturated carbocycles. The van der Waals surface area contributed by atoms with Gasteiger partial charge < -0.3 is 9.47 Å². The van der Waals surface area contributed by atoms with Crippen LogP contribution in [0.15, 0.2) is 0 Å². The predicted octanol–water partition coefficient (Wildman–Crippen LogP) is -0.161. The molecule has 0 N–H and O–H groups in total. The normalized spacial score (nSPS) is 17.0. The van der Waals surface area contributed by atoms with E-state index < -0.39 is 16.2 Å². The van der Waals surface area contributed by atoms with Crippen LogP contribution in [0.2, 0.25) is 0 Å². The molecule has 0 amide bonds. The van der Waals surface area contributed by atoms with Crippen LogP contribution in [-0.2, 0) is 24.5 Å². The van der Waals surface area contributed by atoms with Crippen LogP contribution < -0.4 is 0 Å². The number of esters is 1. The summed E-state index contributed by atoms with van der Waals surface area (Å²) in [5.41, 5.74) is 0. The standard InChI is InChI=1S/C11H22N2O5S/c1-17-10-9-13(8-5-11(14)18-2)19(15,16)12-6-3-4-7-12/h3-10H2,1-2H3. The summed E-state index contributed by atoms with van der Waals surface area (Å²) in [6.07, 6.45) is 1.82. The maximum atomic E-state index is 12.4. The van der Waals surface area contributed by atoms with Crippen LogP contribution in [0.4, 0.5) is 0 Å². The third-order valence-electron chi connectivity index (χ3n) is 3.06. The third-order valence-corrected chi connectivity index (χ3v) is 5.09. The smallest absolute Gasteiger partial charge is 0.306 e. The molecule has 7 nitrogen and oxygen atoms in total. The Labute approximate surface area is 114 Å². The average Bonchev–Trinajstić information content (AvgIpc) is 2.92. The number of rotatable bonds is 8. The summed E-state index contributed by atoms with van der Waals surface area (Å²) in [5.74, 6) is -0.418. The van der Waals surface area contributed by atoms with E-state index in [4.69, 9.17) is 4.74 Å². The molecule has 0 unspecified atom stereocenters. The number of nitrogens with zero attached hydrogens (tertiary/aromatic N) is 2. The van der Waals surface area contributed by atoms with Crippen molar-refractivity contribution in [3.63, 3.8) is 0 Å². The maximum Gasteiger partial charge on any atom is 0.306 e. The molecule has 0 atom stereocenters. The van der Waals surface area contributed by atoms with Gasteiger partial charge in [0.1, 0.15) is 0 Å². The van der Waals surface area contributed by atoms with E-state index in [1.54, 1.807) is 0 Å². The molecule has 0 radical (unpaired) electrons. The van der Waals surface area contributed by atoms with Crippen LogP contribution in [-0.4, -0.2) is 70.0 Å². The molecule has 1 aliphatic heterocycles. The summed E-state index contributed by atoms with van der Waals surface area (Å²) in [5, 5.41) is 0. The first-order valence-corrected chi connectivity index (χ1v) is 7.73. The molecule has 0 bridgehead atoms. The first-order valence-electron chi connectivity index (χ1n) is 6.33. The first kappa shape index (κ1) is 16.4. The topological polar surface area (TPSA) is 76.1 Å². The second-order valence-electron chi connectivity index (χ2n) is 4.33. The van der Waals surface area contributed by atoms with Crippen molar-refractivity contribution < 1.29 is 22.7 Å². The quantitative estimate of drug-likeness (QED) is 0.581. The van der Waals surface area contributed by atoms with Gasteiger partial charge in [0.05, 0.1) is 20.1 Å². The molecule has 1 aliphatic rings. The van der Waals surface area contributed by atoms with Gasteiger partial charge in [0, 0.05) is 33.3 Å². The van der Waals surface area contributed by atoms with Crippen LogP contribution in [0.3, 0.4) is 0 Å². The van der Waals surface area contributed by atoms with Crippen molar-refractivity contribution in [1.29, 1.82) is 0 Å². The van der Waals surface area contributed by atoms with Gasteiger partial charge >= 0.3 is 5.97 Å². The zero-order chi connectivity index (χ0) is 14.3. The van der Waals surface area contributed by atoms with Crippen LogP contribution in [0.25, 0.3) is 0 Å². The van der Waals surface area contributed by atoms with Gasteiger partial charge in [-0.05, 0) is 12.8 Å². The fraction of sp³-hybridized carbons (Fsp3) is 0.909. The highest BCUT2D eigenvalue weighted by atomic mass is 32.2. The molecule has 0 aromatic carbocycles. The third kappa shape index (κ3) is 4.72. The summed E-state index contributed by atoms with van der Waals surface area (Å²) in [6, 6.07) is 0. The molecule has 1 heterocycles. The lowest BCUT2D eigenvalue weighted by Gasteiger charge is -2.26. The number of ether oxygens (including phenoxy) is 2. The molecule has 19 heavy (non-hydrogen) atoms. The summed E-state index contributed by atoms with van der Waals surface area (Å²) in [4.78, 5) is 11.1. The van der Waals surface area contributed by atoms with E-state index >= 15 is 0 Å². The summed E-state index contributed by atoms with van der Waals surface area (Å²) < 4.78 is 37.0. The summed E-state index contributed by atoms with van der Waals surface area (Å²) >= 11 is 0. The van der Waals surface area contributed by atoms with E-state index in [2.05, 4.69) is 4.74 Å². The Balaban J connectivity index is 2.68. The van der Waals surface area contributed by atoms with Gasteiger partial charge in [0.2, 0.25) is 0 Å². The predicted molar refractivity (Wildman–Crippen MR) is 69.8 cm³/mol. The highest BCUT2D eigenvalue weighted by Crippen LogP contribution is 2.16. The Bertz CT molecular complexity index is 379. The molecular formula is C11H22N2O5S. The zero-order valence-corrected chi connectivity index (χ0v) is 12.3. The average molecular weight is 294 g/mol. The number of hydrogen-bond acceptors (Lipinski definition) is 5. The van der Waals surface area contributed by atoms with Crippen molar-refractivity contribution in [1.82, 2.24) is 8.61 Å². The minimum absolute atomic E-state index is 0.0489. The first-order chi connectivity index (χ1) is 9.02. The molecule has 1 fully saturated rings. The van der Waals surface area contributed by atoms with Gasteiger partial charge in [0.25, 0.3) is 10.2 Å². The Morgan fingerprint density at radius 1 is 1.21 bits per heavy atom. The molecular weight excluding hydrogens is 272 g/mol. The van der Waals surface area contributed by atoms with Crippen molar-refractivity contribution in [3.8, 4) is 0 Å². The Kier molecular flexibility index (Phi) is 6.70. The Morgan fingerprint density at radius 2 is 1.84 bits per heavy atom. The summed E-state index contributed by atoms with van der Waals surface area (Å²) in [7, 11) is -0.695. The highest BCUT2D eigenvalue weighted by Gasteiger charge is 2.31. The van der Waals surface area contributed by atoms with E-state index in [1.165, 1.54) is 22.8 Å². The number of hydrogen-bond donors (Lipinski definition) is 0. The van der Waals surface area contributed by atoms with Gasteiger partial charge in [0.15, 0.2) is 0 Å². The zero-order valence-electron chi connectivity index (χ0n) is 11.5. The van der Waals surface area contributed by atoms with Crippen LogP contribution in [0.5, 0.6) is 0 Å². The minimum Gasteiger partial charge on any atom is -0.469 e. The fourth-order valence-corrected chi connectivity index (χ4v) is 3.61. The van der Waals surface area contributed by atoms with Crippen LogP contribution >= 0.6 is 0 Å². The van der Waals surface area contributed by atoms with Crippen molar-refractivity contribution in [2.45, 2.75) is 19.3 Å². The molecule has 1 rings (SSSR count). The summed E-state index contributed by atoms with van der Waals surface area (Å²) in [6.45, 7) is 1.75. The second-order valence-corrected chi connectivity index (χ2v) is 6.26. The van der Waals surface area contributed by atoms with Crippen molar-refractivity contribution in [2.24, 2.45) is 0 Å². The lowest BCUT2D eigenvalue weighted by molar-refractivity contribution is -0.140. The van der Waals surface area contributed by atoms with Gasteiger partial charge in [-0.15, -0.1) is 0 Å². The second kappa shape index (κ2) is 7.78. The van der Waals surface area contributed by atoms with E-state index in [1.807, 2.05) is 0 Å². The number of carbonyl (C=O) groups is 1. The van der Waals surface area contributed by atoms with Crippen LogP contribution in [0, 0.1) is 0 Å². The van der Waals surface area contributed by atoms with E-state index in [-0.39, 0.29) is 19.5 Å². The fourth-order valence-electron chi connectivity index (χ4n) is 1.94. The highest BCUT2D eigenvalue weighted by molar-refractivity contribution is 7.86. The molecule has 112 valence electrons. The van der Waals surface area contributed by atoms with E-state index in [9.17, 15) is 13.2 Å². The number of carbonyl (C=O) groups excluding carboxylic acids is 1. The lowest BCUT2D eigenvalue weighted by atomic mass is 10.4. The maximum absolute atomic E-state index is 12.4. The van der Waals surface area contributed by atoms with E-state index in [0.717, 1.165) is 12.8 Å². The molecule has 1 saturated heterocycles. The molecule has 8 heteroatoms. The minimum atomic E-state index is -3.50. The van der Waals surface area contributed by atoms with Gasteiger partial charge in [-0.2, -0.15) is 17.0 Å². The number of methoxy groups -OCH3 is 2. The SMILES string of the molecule is COCCN(CCC(=O)OC)S(=O)(=O)N1CCCC1. The van der Waals surface area contributed by atoms with Gasteiger partial charge in [-0.3, -0.25) is 4.79 Å². The van der Waals surface area contributed by atoms with Crippen molar-refractivity contribution in [3.05, 3.63) is 0 Å². The Hall–Kier alpha value is -0.700. The molecule has 0 spiro atoms. The van der Waals surface area contributed by atoms with Crippen molar-refractivity contribution in [2.75, 3.05) is 47.0 Å². The monoisotopic (exact) mass is 294 g/mol. The van der Waals surface area contributed by atoms with Crippen LogP contribution in [0.1, 0.15) is 19.3 Å². The molecule has 0 aromatic heterocycles. The Morgan fingerprint density at radius 3 is 2.37 bits per heavy atom. The van der Waals surface area contributed by atoms with Gasteiger partial charge in [-0.25, -0.2) is 0 Å². The largest absolute Gasteiger partial charge is 0.469 e. The molecule has 0 aromatic rings. The lowest BCUT2D eigenvalue weighted by Crippen LogP contribution is -2.44. The van der Waals surface area contributed by atoms with E-state index in [0.29, 0.717) is 19.7 Å².